The number of nitrogens with one attached hydrogen (secondary N) is 1. The number of carbonyl (C=O) groups excluding carboxylic acids is 2. The molecule has 0 radical (unpaired) electrons. The number of benzene rings is 2. The molecule has 3 rings (SSSR count). The second-order valence-corrected chi connectivity index (χ2v) is 7.76. The summed E-state index contributed by atoms with van der Waals surface area (Å²) in [7, 11) is 0. The molecule has 1 saturated heterocycles. The molecule has 1 aliphatic rings. The van der Waals surface area contributed by atoms with E-state index in [-0.39, 0.29) is 23.5 Å². The average Bonchev–Trinajstić information content (AvgIpc) is 3.01. The Hall–Kier alpha value is -2.53. The molecule has 5 nitrogen and oxygen atoms in total. The fourth-order valence-corrected chi connectivity index (χ4v) is 3.27. The van der Waals surface area contributed by atoms with Crippen molar-refractivity contribution in [2.75, 3.05) is 18.0 Å². The van der Waals surface area contributed by atoms with Crippen LogP contribution in [0.3, 0.4) is 0 Å². The molecule has 1 fully saturated rings. The number of carbonyl (C=O) groups is 2. The van der Waals surface area contributed by atoms with E-state index in [1.54, 1.807) is 4.90 Å². The highest BCUT2D eigenvalue weighted by Gasteiger charge is 2.33. The van der Waals surface area contributed by atoms with Crippen LogP contribution in [0, 0.1) is 0 Å². The molecule has 0 aliphatic carbocycles. The fraction of sp³-hybridized carbons (Fsp3) is 0.333. The van der Waals surface area contributed by atoms with Crippen molar-refractivity contribution in [3.8, 4) is 0 Å². The predicted octanol–water partition coefficient (Wildman–Crippen LogP) is 4.15. The molecule has 2 aromatic rings. The Kier molecular flexibility index (Phi) is 5.71. The molecule has 0 spiro atoms. The van der Waals surface area contributed by atoms with Crippen LogP contribution in [0.1, 0.15) is 25.8 Å². The number of rotatable bonds is 6. The smallest absolute Gasteiger partial charge is 0.414 e. The zero-order valence-corrected chi connectivity index (χ0v) is 16.2. The van der Waals surface area contributed by atoms with E-state index in [1.807, 2.05) is 68.4 Å². The molecule has 0 saturated carbocycles. The third kappa shape index (κ3) is 4.80. The van der Waals surface area contributed by atoms with Crippen LogP contribution < -0.4 is 10.2 Å². The van der Waals surface area contributed by atoms with Crippen LogP contribution in [0.4, 0.5) is 10.5 Å². The molecule has 0 bridgehead atoms. The number of halogens is 1. The number of cyclic esters (lactones) is 1. The first-order valence-electron chi connectivity index (χ1n) is 8.91. The van der Waals surface area contributed by atoms with Crippen LogP contribution in [0.5, 0.6) is 0 Å². The van der Waals surface area contributed by atoms with Crippen LogP contribution in [0.15, 0.2) is 54.6 Å². The summed E-state index contributed by atoms with van der Waals surface area (Å²) in [4.78, 5) is 26.0. The molecule has 2 aromatic carbocycles. The summed E-state index contributed by atoms with van der Waals surface area (Å²) in [6, 6.07) is 16.9. The van der Waals surface area contributed by atoms with Crippen molar-refractivity contribution in [2.45, 2.75) is 31.8 Å². The summed E-state index contributed by atoms with van der Waals surface area (Å²) in [6.45, 7) is 4.75. The van der Waals surface area contributed by atoms with E-state index in [4.69, 9.17) is 16.3 Å². The summed E-state index contributed by atoms with van der Waals surface area (Å²) in [5.74, 6) is -0.0795. The van der Waals surface area contributed by atoms with Gasteiger partial charge in [-0.3, -0.25) is 9.69 Å². The Labute approximate surface area is 164 Å². The summed E-state index contributed by atoms with van der Waals surface area (Å²) in [5, 5.41) is 3.56. The minimum Gasteiger partial charge on any atom is -0.442 e. The lowest BCUT2D eigenvalue weighted by atomic mass is 9.81. The van der Waals surface area contributed by atoms with Crippen molar-refractivity contribution in [1.29, 1.82) is 0 Å². The number of anilines is 1. The molecule has 0 aromatic heterocycles. The van der Waals surface area contributed by atoms with Gasteiger partial charge in [-0.2, -0.15) is 0 Å². The van der Waals surface area contributed by atoms with Gasteiger partial charge in [0.15, 0.2) is 0 Å². The van der Waals surface area contributed by atoms with Crippen molar-refractivity contribution < 1.29 is 14.3 Å². The normalized spacial score (nSPS) is 16.9. The lowest BCUT2D eigenvalue weighted by molar-refractivity contribution is -0.122. The van der Waals surface area contributed by atoms with Gasteiger partial charge in [0.05, 0.1) is 13.1 Å². The van der Waals surface area contributed by atoms with Gasteiger partial charge in [0.1, 0.15) is 6.10 Å². The molecular formula is C21H23ClN2O3. The van der Waals surface area contributed by atoms with Crippen molar-refractivity contribution >= 4 is 29.3 Å². The van der Waals surface area contributed by atoms with Crippen LogP contribution in [0.25, 0.3) is 0 Å². The molecule has 1 unspecified atom stereocenters. The van der Waals surface area contributed by atoms with E-state index in [2.05, 4.69) is 5.32 Å². The molecule has 1 atom stereocenters. The topological polar surface area (TPSA) is 58.6 Å². The quantitative estimate of drug-likeness (QED) is 0.811. The van der Waals surface area contributed by atoms with Crippen LogP contribution in [-0.4, -0.2) is 31.2 Å². The van der Waals surface area contributed by atoms with Gasteiger partial charge in [0.2, 0.25) is 5.91 Å². The van der Waals surface area contributed by atoms with E-state index in [9.17, 15) is 9.59 Å². The summed E-state index contributed by atoms with van der Waals surface area (Å²) in [5.41, 5.74) is 1.52. The van der Waals surface area contributed by atoms with Gasteiger partial charge in [0, 0.05) is 17.1 Å². The Bertz CT molecular complexity index is 806. The largest absolute Gasteiger partial charge is 0.442 e. The van der Waals surface area contributed by atoms with E-state index in [0.29, 0.717) is 24.5 Å². The fourth-order valence-electron chi connectivity index (χ4n) is 3.14. The van der Waals surface area contributed by atoms with Crippen molar-refractivity contribution in [1.82, 2.24) is 5.32 Å². The number of nitrogens with zero attached hydrogens (tertiary/aromatic N) is 1. The number of para-hydroxylation sites is 1. The zero-order valence-electron chi connectivity index (χ0n) is 15.4. The standard InChI is InChI=1S/C21H23ClN2O3/c1-21(2,15-8-10-16(22)11-9-15)12-19(25)23-13-18-14-24(20(26)27-18)17-6-4-3-5-7-17/h3-11,18H,12-14H2,1-2H3,(H,23,25). The molecule has 6 heteroatoms. The predicted molar refractivity (Wildman–Crippen MR) is 106 cm³/mol. The Balaban J connectivity index is 1.52. The summed E-state index contributed by atoms with van der Waals surface area (Å²) >= 11 is 5.93. The maximum atomic E-state index is 12.4. The first kappa shape index (κ1) is 19.2. The number of hydrogen-bond acceptors (Lipinski definition) is 3. The molecule has 2 amide bonds. The van der Waals surface area contributed by atoms with Crippen molar-refractivity contribution in [2.24, 2.45) is 0 Å². The molecular weight excluding hydrogens is 364 g/mol. The highest BCUT2D eigenvalue weighted by atomic mass is 35.5. The van der Waals surface area contributed by atoms with Gasteiger partial charge in [0.25, 0.3) is 0 Å². The van der Waals surface area contributed by atoms with E-state index in [0.717, 1.165) is 11.3 Å². The second kappa shape index (κ2) is 8.01. The molecule has 1 aliphatic heterocycles. The molecule has 142 valence electrons. The first-order chi connectivity index (χ1) is 12.8. The van der Waals surface area contributed by atoms with Crippen molar-refractivity contribution in [3.05, 3.63) is 65.2 Å². The minimum atomic E-state index is -0.387. The maximum absolute atomic E-state index is 12.4. The number of amides is 2. The SMILES string of the molecule is CC(C)(CC(=O)NCC1CN(c2ccccc2)C(=O)O1)c1ccc(Cl)cc1. The van der Waals surface area contributed by atoms with Crippen LogP contribution in [0.2, 0.25) is 5.02 Å². The number of ether oxygens (including phenoxy) is 1. The zero-order chi connectivity index (χ0) is 19.4. The minimum absolute atomic E-state index is 0.0795. The highest BCUT2D eigenvalue weighted by Crippen LogP contribution is 2.28. The maximum Gasteiger partial charge on any atom is 0.414 e. The van der Waals surface area contributed by atoms with Crippen LogP contribution >= 0.6 is 11.6 Å². The van der Waals surface area contributed by atoms with Gasteiger partial charge >= 0.3 is 6.09 Å². The summed E-state index contributed by atoms with van der Waals surface area (Å²) < 4.78 is 5.36. The third-order valence-electron chi connectivity index (χ3n) is 4.70. The van der Waals surface area contributed by atoms with Gasteiger partial charge in [-0.1, -0.05) is 55.8 Å². The number of hydrogen-bond donors (Lipinski definition) is 1. The van der Waals surface area contributed by atoms with E-state index < -0.39 is 0 Å². The lowest BCUT2D eigenvalue weighted by Crippen LogP contribution is -2.37. The van der Waals surface area contributed by atoms with Gasteiger partial charge in [-0.05, 0) is 35.2 Å². The second-order valence-electron chi connectivity index (χ2n) is 7.32. The van der Waals surface area contributed by atoms with Gasteiger partial charge in [-0.25, -0.2) is 4.79 Å². The summed E-state index contributed by atoms with van der Waals surface area (Å²) in [6.07, 6.45) is -0.417. The average molecular weight is 387 g/mol. The molecule has 1 N–H and O–H groups in total. The Morgan fingerprint density at radius 3 is 2.52 bits per heavy atom. The van der Waals surface area contributed by atoms with Crippen LogP contribution in [-0.2, 0) is 14.9 Å². The monoisotopic (exact) mass is 386 g/mol. The van der Waals surface area contributed by atoms with Gasteiger partial charge in [-0.15, -0.1) is 0 Å². The van der Waals surface area contributed by atoms with Crippen molar-refractivity contribution in [3.63, 3.8) is 0 Å². The third-order valence-corrected chi connectivity index (χ3v) is 4.95. The Morgan fingerprint density at radius 2 is 1.85 bits per heavy atom. The Morgan fingerprint density at radius 1 is 1.19 bits per heavy atom. The molecule has 1 heterocycles. The van der Waals surface area contributed by atoms with Gasteiger partial charge < -0.3 is 10.1 Å². The first-order valence-corrected chi connectivity index (χ1v) is 9.29. The molecule has 27 heavy (non-hydrogen) atoms. The van der Waals surface area contributed by atoms with E-state index in [1.165, 1.54) is 0 Å². The van der Waals surface area contributed by atoms with E-state index >= 15 is 0 Å². The highest BCUT2D eigenvalue weighted by molar-refractivity contribution is 6.30. The lowest BCUT2D eigenvalue weighted by Gasteiger charge is -2.25.